The van der Waals surface area contributed by atoms with Crippen molar-refractivity contribution in [3.8, 4) is 11.5 Å². The normalized spacial score (nSPS) is 12.1. The Bertz CT molecular complexity index is 1190. The van der Waals surface area contributed by atoms with Crippen LogP contribution >= 0.6 is 23.2 Å². The van der Waals surface area contributed by atoms with Gasteiger partial charge in [-0.05, 0) is 86.8 Å². The van der Waals surface area contributed by atoms with E-state index in [9.17, 15) is 0 Å². The summed E-state index contributed by atoms with van der Waals surface area (Å²) in [6.07, 6.45) is 1.70. The Morgan fingerprint density at radius 2 is 1.69 bits per heavy atom. The monoisotopic (exact) mass is 468 g/mol. The van der Waals surface area contributed by atoms with E-state index in [4.69, 9.17) is 37.7 Å². The highest BCUT2D eigenvalue weighted by atomic mass is 35.5. The Kier molecular flexibility index (Phi) is 7.23. The molecule has 0 amide bonds. The number of halogens is 2. The van der Waals surface area contributed by atoms with Crippen molar-refractivity contribution < 1.29 is 9.47 Å². The van der Waals surface area contributed by atoms with Crippen molar-refractivity contribution in [3.05, 3.63) is 88.2 Å². The van der Waals surface area contributed by atoms with E-state index >= 15 is 0 Å². The minimum atomic E-state index is -0.201. The average molecular weight is 469 g/mol. The smallest absolute Gasteiger partial charge is 0.153 e. The fourth-order valence-corrected chi connectivity index (χ4v) is 3.92. The highest BCUT2D eigenvalue weighted by Gasteiger charge is 2.18. The Hall–Kier alpha value is -2.69. The Labute approximate surface area is 198 Å². The van der Waals surface area contributed by atoms with Crippen molar-refractivity contribution in [2.45, 2.75) is 39.3 Å². The van der Waals surface area contributed by atoms with Crippen LogP contribution in [0.25, 0.3) is 11.0 Å². The van der Waals surface area contributed by atoms with Gasteiger partial charge < -0.3 is 14.0 Å². The molecule has 0 bridgehead atoms. The van der Waals surface area contributed by atoms with Gasteiger partial charge in [0.1, 0.15) is 11.5 Å². The number of para-hydroxylation sites is 2. The third-order valence-electron chi connectivity index (χ3n) is 5.35. The van der Waals surface area contributed by atoms with Crippen LogP contribution in [-0.2, 0) is 6.54 Å². The molecule has 4 rings (SSSR count). The maximum absolute atomic E-state index is 6.22. The summed E-state index contributed by atoms with van der Waals surface area (Å²) in [5, 5.41) is 1.44. The highest BCUT2D eigenvalue weighted by Crippen LogP contribution is 2.28. The number of hydrogen-bond donors (Lipinski definition) is 0. The van der Waals surface area contributed by atoms with Crippen LogP contribution in [0.1, 0.15) is 37.3 Å². The summed E-state index contributed by atoms with van der Waals surface area (Å²) >= 11 is 12.1. The number of fused-ring (bicyclic) bond motifs is 1. The topological polar surface area (TPSA) is 36.3 Å². The molecule has 6 heteroatoms. The molecule has 1 atom stereocenters. The summed E-state index contributed by atoms with van der Waals surface area (Å²) in [5.41, 5.74) is 3.08. The fourth-order valence-electron chi connectivity index (χ4n) is 3.68. The summed E-state index contributed by atoms with van der Waals surface area (Å²) in [7, 11) is 0. The molecule has 32 heavy (non-hydrogen) atoms. The van der Waals surface area contributed by atoms with Crippen molar-refractivity contribution in [2.24, 2.45) is 0 Å². The van der Waals surface area contributed by atoms with E-state index in [1.54, 1.807) is 0 Å². The lowest BCUT2D eigenvalue weighted by Crippen LogP contribution is -2.13. The van der Waals surface area contributed by atoms with Gasteiger partial charge in [0.05, 0.1) is 17.6 Å². The number of rotatable bonds is 9. The molecule has 1 aromatic heterocycles. The lowest BCUT2D eigenvalue weighted by molar-refractivity contribution is 0.210. The molecule has 4 aromatic rings. The number of ether oxygens (including phenoxy) is 2. The Morgan fingerprint density at radius 1 is 0.938 bits per heavy atom. The first-order valence-corrected chi connectivity index (χ1v) is 11.5. The van der Waals surface area contributed by atoms with E-state index in [1.807, 2.05) is 74.5 Å². The molecule has 0 saturated heterocycles. The second-order valence-electron chi connectivity index (χ2n) is 7.79. The average Bonchev–Trinajstić information content (AvgIpc) is 3.16. The molecule has 0 aliphatic heterocycles. The maximum atomic E-state index is 6.22. The van der Waals surface area contributed by atoms with Crippen molar-refractivity contribution in [1.82, 2.24) is 9.55 Å². The largest absolute Gasteiger partial charge is 0.494 e. The summed E-state index contributed by atoms with van der Waals surface area (Å²) < 4.78 is 14.3. The second-order valence-corrected chi connectivity index (χ2v) is 8.63. The molecule has 0 radical (unpaired) electrons. The summed E-state index contributed by atoms with van der Waals surface area (Å²) in [4.78, 5) is 4.87. The van der Waals surface area contributed by atoms with Crippen molar-refractivity contribution in [2.75, 3.05) is 6.61 Å². The molecular formula is C26H26Cl2N2O2. The van der Waals surface area contributed by atoms with Gasteiger partial charge in [-0.1, -0.05) is 35.3 Å². The van der Waals surface area contributed by atoms with E-state index in [0.717, 1.165) is 58.3 Å². The van der Waals surface area contributed by atoms with Gasteiger partial charge >= 0.3 is 0 Å². The molecule has 0 N–H and O–H groups in total. The Balaban J connectivity index is 1.43. The maximum Gasteiger partial charge on any atom is 0.153 e. The van der Waals surface area contributed by atoms with Gasteiger partial charge in [-0.25, -0.2) is 4.98 Å². The zero-order chi connectivity index (χ0) is 22.5. The number of unbranched alkanes of at least 4 members (excludes halogenated alkanes) is 1. The third-order valence-corrected chi connectivity index (χ3v) is 6.02. The fraction of sp³-hybridized carbons (Fsp3) is 0.269. The molecule has 0 saturated carbocycles. The van der Waals surface area contributed by atoms with Gasteiger partial charge in [-0.15, -0.1) is 0 Å². The number of benzene rings is 3. The first-order chi connectivity index (χ1) is 15.5. The molecule has 0 aliphatic carbocycles. The standard InChI is InChI=1S/C26H26Cl2N2O2/c1-18-17-22(13-14-23(18)28)32-19(2)26-29-24-7-3-4-8-25(24)30(26)15-5-6-16-31-21-11-9-20(27)10-12-21/h3-4,7-14,17,19H,5-6,15-16H2,1-2H3. The highest BCUT2D eigenvalue weighted by molar-refractivity contribution is 6.31. The van der Waals surface area contributed by atoms with E-state index < -0.39 is 0 Å². The van der Waals surface area contributed by atoms with Crippen LogP contribution in [0.15, 0.2) is 66.7 Å². The van der Waals surface area contributed by atoms with Gasteiger partial charge in [-0.2, -0.15) is 0 Å². The molecular weight excluding hydrogens is 443 g/mol. The number of aromatic nitrogens is 2. The van der Waals surface area contributed by atoms with Crippen molar-refractivity contribution >= 4 is 34.2 Å². The summed E-state index contributed by atoms with van der Waals surface area (Å²) in [6.45, 7) is 5.50. The summed E-state index contributed by atoms with van der Waals surface area (Å²) in [5.74, 6) is 2.54. The number of nitrogens with zero attached hydrogens (tertiary/aromatic N) is 2. The van der Waals surface area contributed by atoms with E-state index in [1.165, 1.54) is 0 Å². The van der Waals surface area contributed by atoms with Gasteiger partial charge in [0, 0.05) is 16.6 Å². The zero-order valence-electron chi connectivity index (χ0n) is 18.2. The first-order valence-electron chi connectivity index (χ1n) is 10.8. The molecule has 1 heterocycles. The van der Waals surface area contributed by atoms with Crippen LogP contribution in [-0.4, -0.2) is 16.2 Å². The van der Waals surface area contributed by atoms with Crippen molar-refractivity contribution in [3.63, 3.8) is 0 Å². The number of aryl methyl sites for hydroxylation is 2. The van der Waals surface area contributed by atoms with Gasteiger partial charge in [-0.3, -0.25) is 0 Å². The molecule has 0 spiro atoms. The van der Waals surface area contributed by atoms with Crippen LogP contribution in [0, 0.1) is 6.92 Å². The van der Waals surface area contributed by atoms with Crippen molar-refractivity contribution in [1.29, 1.82) is 0 Å². The van der Waals surface area contributed by atoms with E-state index in [-0.39, 0.29) is 6.10 Å². The quantitative estimate of drug-likeness (QED) is 0.236. The van der Waals surface area contributed by atoms with E-state index in [0.29, 0.717) is 11.6 Å². The zero-order valence-corrected chi connectivity index (χ0v) is 19.7. The van der Waals surface area contributed by atoms with Gasteiger partial charge in [0.2, 0.25) is 0 Å². The predicted molar refractivity (Wildman–Crippen MR) is 131 cm³/mol. The van der Waals surface area contributed by atoms with E-state index in [2.05, 4.69) is 10.6 Å². The van der Waals surface area contributed by atoms with Crippen LogP contribution < -0.4 is 9.47 Å². The minimum absolute atomic E-state index is 0.201. The molecule has 3 aromatic carbocycles. The van der Waals surface area contributed by atoms with Crippen LogP contribution in [0.4, 0.5) is 0 Å². The number of hydrogen-bond acceptors (Lipinski definition) is 3. The van der Waals surface area contributed by atoms with Gasteiger partial charge in [0.25, 0.3) is 0 Å². The summed E-state index contributed by atoms with van der Waals surface area (Å²) in [6, 6.07) is 21.4. The molecule has 0 fully saturated rings. The lowest BCUT2D eigenvalue weighted by Gasteiger charge is -2.17. The van der Waals surface area contributed by atoms with Crippen LogP contribution in [0.3, 0.4) is 0 Å². The third kappa shape index (κ3) is 5.37. The van der Waals surface area contributed by atoms with Gasteiger partial charge in [0.15, 0.2) is 11.9 Å². The lowest BCUT2D eigenvalue weighted by atomic mass is 10.2. The van der Waals surface area contributed by atoms with Crippen LogP contribution in [0.2, 0.25) is 10.0 Å². The predicted octanol–water partition coefficient (Wildman–Crippen LogP) is 7.65. The SMILES string of the molecule is Cc1cc(OC(C)c2nc3ccccc3n2CCCCOc2ccc(Cl)cc2)ccc1Cl. The molecule has 4 nitrogen and oxygen atoms in total. The molecule has 0 aliphatic rings. The molecule has 1 unspecified atom stereocenters. The van der Waals surface area contributed by atoms with Crippen LogP contribution in [0.5, 0.6) is 11.5 Å². The number of imidazole rings is 1. The molecule has 166 valence electrons. The Morgan fingerprint density at radius 3 is 2.47 bits per heavy atom. The minimum Gasteiger partial charge on any atom is -0.494 e. The first kappa shape index (κ1) is 22.5. The second kappa shape index (κ2) is 10.3.